The predicted molar refractivity (Wildman–Crippen MR) is 103 cm³/mol. The predicted octanol–water partition coefficient (Wildman–Crippen LogP) is 4.30. The molecule has 28 heavy (non-hydrogen) atoms. The highest BCUT2D eigenvalue weighted by molar-refractivity contribution is 7.08. The Bertz CT molecular complexity index is 993. The summed E-state index contributed by atoms with van der Waals surface area (Å²) < 4.78 is 5.55. The molecule has 0 radical (unpaired) electrons. The molecular formula is C19H18N4O4S. The smallest absolute Gasteiger partial charge is 0.270 e. The van der Waals surface area contributed by atoms with Crippen LogP contribution >= 0.6 is 11.3 Å². The minimum atomic E-state index is -0.763. The van der Waals surface area contributed by atoms with E-state index in [0.29, 0.717) is 24.6 Å². The average Bonchev–Trinajstić information content (AvgIpc) is 3.40. The molecule has 1 N–H and O–H groups in total. The number of non-ortho nitro benzene ring substituents is 1. The number of nitrogens with one attached hydrogen (secondary N) is 1. The lowest BCUT2D eigenvalue weighted by atomic mass is 9.81. The van der Waals surface area contributed by atoms with Gasteiger partial charge in [0.05, 0.1) is 4.92 Å². The molecule has 1 fully saturated rings. The molecular weight excluding hydrogens is 380 g/mol. The van der Waals surface area contributed by atoms with Gasteiger partial charge in [-0.2, -0.15) is 16.3 Å². The fourth-order valence-corrected chi connectivity index (χ4v) is 4.16. The molecule has 0 bridgehead atoms. The second kappa shape index (κ2) is 7.51. The number of hydrogen-bond acceptors (Lipinski definition) is 7. The third-order valence-electron chi connectivity index (χ3n) is 4.99. The first kappa shape index (κ1) is 18.3. The van der Waals surface area contributed by atoms with Crippen molar-refractivity contribution in [2.75, 3.05) is 0 Å². The van der Waals surface area contributed by atoms with Gasteiger partial charge >= 0.3 is 0 Å². The number of nitro benzene ring substituents is 1. The molecule has 1 aromatic carbocycles. The highest BCUT2D eigenvalue weighted by Crippen LogP contribution is 2.37. The Morgan fingerprint density at radius 1 is 1.25 bits per heavy atom. The molecule has 1 amide bonds. The summed E-state index contributed by atoms with van der Waals surface area (Å²) in [5.74, 6) is 0.485. The Kier molecular flexibility index (Phi) is 4.91. The van der Waals surface area contributed by atoms with E-state index >= 15 is 0 Å². The van der Waals surface area contributed by atoms with Crippen molar-refractivity contribution in [3.05, 3.63) is 62.7 Å². The summed E-state index contributed by atoms with van der Waals surface area (Å²) in [6, 6.07) is 7.61. The molecule has 0 atom stereocenters. The minimum absolute atomic E-state index is 0.122. The summed E-state index contributed by atoms with van der Waals surface area (Å²) in [5.41, 5.74) is 0.219. The molecule has 8 nitrogen and oxygen atoms in total. The van der Waals surface area contributed by atoms with Crippen molar-refractivity contribution in [1.29, 1.82) is 0 Å². The Morgan fingerprint density at radius 3 is 2.79 bits per heavy atom. The van der Waals surface area contributed by atoms with Crippen molar-refractivity contribution in [3.63, 3.8) is 0 Å². The number of nitrogens with zero attached hydrogens (tertiary/aromatic N) is 3. The zero-order valence-electron chi connectivity index (χ0n) is 15.0. The molecule has 9 heteroatoms. The summed E-state index contributed by atoms with van der Waals surface area (Å²) in [6.45, 7) is 0. The number of thiophene rings is 1. The van der Waals surface area contributed by atoms with Gasteiger partial charge in [0.1, 0.15) is 5.54 Å². The Balaban J connectivity index is 1.64. The summed E-state index contributed by atoms with van der Waals surface area (Å²) >= 11 is 1.54. The van der Waals surface area contributed by atoms with E-state index in [4.69, 9.17) is 4.52 Å². The number of hydrogen-bond donors (Lipinski definition) is 1. The van der Waals surface area contributed by atoms with Gasteiger partial charge < -0.3 is 9.84 Å². The second-order valence-corrected chi connectivity index (χ2v) is 7.62. The lowest BCUT2D eigenvalue weighted by Gasteiger charge is -2.34. The Labute approximate surface area is 164 Å². The molecule has 0 aliphatic heterocycles. The molecule has 0 unspecified atom stereocenters. The van der Waals surface area contributed by atoms with Crippen molar-refractivity contribution in [2.24, 2.45) is 0 Å². The molecule has 1 saturated carbocycles. The number of nitro groups is 1. The molecule has 0 saturated heterocycles. The van der Waals surface area contributed by atoms with Gasteiger partial charge in [0.15, 0.2) is 0 Å². The van der Waals surface area contributed by atoms with E-state index in [0.717, 1.165) is 24.8 Å². The van der Waals surface area contributed by atoms with Gasteiger partial charge in [-0.1, -0.05) is 30.5 Å². The van der Waals surface area contributed by atoms with Crippen LogP contribution in [0.1, 0.15) is 48.4 Å². The minimum Gasteiger partial charge on any atom is -0.338 e. The van der Waals surface area contributed by atoms with E-state index in [1.165, 1.54) is 18.2 Å². The summed E-state index contributed by atoms with van der Waals surface area (Å²) in [5, 5.41) is 22.0. The number of aromatic nitrogens is 2. The van der Waals surface area contributed by atoms with Crippen LogP contribution in [0.3, 0.4) is 0 Å². The van der Waals surface area contributed by atoms with Crippen LogP contribution in [-0.2, 0) is 5.54 Å². The van der Waals surface area contributed by atoms with Crippen molar-refractivity contribution in [3.8, 4) is 11.4 Å². The second-order valence-electron chi connectivity index (χ2n) is 6.84. The third-order valence-corrected chi connectivity index (χ3v) is 5.68. The number of amides is 1. The standard InChI is InChI=1S/C19H18N4O4S/c24-17(13-5-4-6-15(11-13)23(25)26)21-19(8-2-1-3-9-19)18-20-16(22-27-18)14-7-10-28-12-14/h4-7,10-12H,1-3,8-9H2,(H,21,24). The van der Waals surface area contributed by atoms with Crippen molar-refractivity contribution in [2.45, 2.75) is 37.6 Å². The van der Waals surface area contributed by atoms with E-state index in [9.17, 15) is 14.9 Å². The Hall–Kier alpha value is -3.07. The molecule has 2 aromatic heterocycles. The number of carbonyl (C=O) groups is 1. The monoisotopic (exact) mass is 398 g/mol. The fraction of sp³-hybridized carbons (Fsp3) is 0.316. The van der Waals surface area contributed by atoms with Gasteiger partial charge in [-0.05, 0) is 30.4 Å². The van der Waals surface area contributed by atoms with Gasteiger partial charge in [0, 0.05) is 28.6 Å². The molecule has 144 valence electrons. The maximum absolute atomic E-state index is 12.9. The number of carbonyl (C=O) groups excluding carboxylic acids is 1. The van der Waals surface area contributed by atoms with E-state index < -0.39 is 10.5 Å². The first-order valence-corrected chi connectivity index (χ1v) is 9.95. The van der Waals surface area contributed by atoms with Crippen LogP contribution in [0.25, 0.3) is 11.4 Å². The van der Waals surface area contributed by atoms with Crippen LogP contribution in [0.2, 0.25) is 0 Å². The zero-order chi connectivity index (χ0) is 19.6. The van der Waals surface area contributed by atoms with Crippen LogP contribution in [0, 0.1) is 10.1 Å². The lowest BCUT2D eigenvalue weighted by molar-refractivity contribution is -0.384. The van der Waals surface area contributed by atoms with Crippen molar-refractivity contribution in [1.82, 2.24) is 15.5 Å². The van der Waals surface area contributed by atoms with Crippen LogP contribution in [0.15, 0.2) is 45.6 Å². The lowest BCUT2D eigenvalue weighted by Crippen LogP contribution is -2.47. The SMILES string of the molecule is O=C(NC1(c2nc(-c3ccsc3)no2)CCCCC1)c1cccc([N+](=O)[O-])c1. The van der Waals surface area contributed by atoms with Crippen LogP contribution in [0.4, 0.5) is 5.69 Å². The van der Waals surface area contributed by atoms with E-state index in [2.05, 4.69) is 15.5 Å². The highest BCUT2D eigenvalue weighted by Gasteiger charge is 2.41. The largest absolute Gasteiger partial charge is 0.338 e. The van der Waals surface area contributed by atoms with Crippen LogP contribution in [-0.4, -0.2) is 21.0 Å². The van der Waals surface area contributed by atoms with Crippen LogP contribution < -0.4 is 5.32 Å². The van der Waals surface area contributed by atoms with Crippen LogP contribution in [0.5, 0.6) is 0 Å². The molecule has 1 aliphatic rings. The van der Waals surface area contributed by atoms with Gasteiger partial charge in [-0.3, -0.25) is 14.9 Å². The molecule has 4 rings (SSSR count). The van der Waals surface area contributed by atoms with Gasteiger partial charge in [0.2, 0.25) is 5.82 Å². The average molecular weight is 398 g/mol. The van der Waals surface area contributed by atoms with Gasteiger partial charge in [-0.25, -0.2) is 0 Å². The molecule has 3 aromatic rings. The quantitative estimate of drug-likeness (QED) is 0.507. The summed E-state index contributed by atoms with van der Waals surface area (Å²) in [7, 11) is 0. The maximum atomic E-state index is 12.9. The molecule has 0 spiro atoms. The topological polar surface area (TPSA) is 111 Å². The van der Waals surface area contributed by atoms with E-state index in [-0.39, 0.29) is 17.2 Å². The molecule has 1 aliphatic carbocycles. The summed E-state index contributed by atoms with van der Waals surface area (Å²) in [4.78, 5) is 27.9. The van der Waals surface area contributed by atoms with Gasteiger partial charge in [-0.15, -0.1) is 0 Å². The van der Waals surface area contributed by atoms with Crippen molar-refractivity contribution < 1.29 is 14.2 Å². The summed E-state index contributed by atoms with van der Waals surface area (Å²) in [6.07, 6.45) is 4.27. The number of rotatable bonds is 5. The van der Waals surface area contributed by atoms with E-state index in [1.807, 2.05) is 16.8 Å². The first-order chi connectivity index (χ1) is 13.6. The van der Waals surface area contributed by atoms with Crippen molar-refractivity contribution >= 4 is 22.9 Å². The number of benzene rings is 1. The highest BCUT2D eigenvalue weighted by atomic mass is 32.1. The van der Waals surface area contributed by atoms with E-state index in [1.54, 1.807) is 17.4 Å². The molecule has 2 heterocycles. The first-order valence-electron chi connectivity index (χ1n) is 9.01. The fourth-order valence-electron chi connectivity index (χ4n) is 3.52. The maximum Gasteiger partial charge on any atom is 0.270 e. The zero-order valence-corrected chi connectivity index (χ0v) is 15.8. The third kappa shape index (κ3) is 3.53. The van der Waals surface area contributed by atoms with Gasteiger partial charge in [0.25, 0.3) is 17.5 Å². The Morgan fingerprint density at radius 2 is 2.07 bits per heavy atom. The normalized spacial score (nSPS) is 15.9.